The van der Waals surface area contributed by atoms with E-state index in [9.17, 15) is 17.4 Å². The van der Waals surface area contributed by atoms with Crippen molar-refractivity contribution >= 4 is 22.7 Å². The fourth-order valence-corrected chi connectivity index (χ4v) is 1.92. The van der Waals surface area contributed by atoms with Crippen LogP contribution in [0.15, 0.2) is 58.3 Å². The maximum atomic E-state index is 12.5. The third-order valence-corrected chi connectivity index (χ3v) is 3.36. The molecule has 0 unspecified atom stereocenters. The molecule has 0 saturated carbocycles. The summed E-state index contributed by atoms with van der Waals surface area (Å²) in [6.45, 7) is 2.08. The molecule has 0 bridgehead atoms. The molecule has 6 heteroatoms. The first-order chi connectivity index (χ1) is 8.80. The Balaban J connectivity index is 0.000000200. The van der Waals surface area contributed by atoms with Crippen molar-refractivity contribution in [2.24, 2.45) is 0 Å². The van der Waals surface area contributed by atoms with Crippen molar-refractivity contribution in [3.8, 4) is 0 Å². The van der Waals surface area contributed by atoms with Gasteiger partial charge in [-0.3, -0.25) is 0 Å². The third kappa shape index (κ3) is 5.42. The molecule has 2 aromatic rings. The molecule has 2 rings (SSSR count). The number of halogens is 1. The standard InChI is InChI=1S/C7H8S.C6H5FO3S/c1-6-2-4-7(8)5-3-6;7-5-3-1-2-4-6(5)11(8,9)10/h2-5,8H,1H3;1-4H,(H,8,9,10). The summed E-state index contributed by atoms with van der Waals surface area (Å²) < 4.78 is 43.3. The highest BCUT2D eigenvalue weighted by molar-refractivity contribution is 7.85. The average molecular weight is 300 g/mol. The highest BCUT2D eigenvalue weighted by Gasteiger charge is 2.05. The maximum absolute atomic E-state index is 12.5. The van der Waals surface area contributed by atoms with Gasteiger partial charge in [-0.25, -0.2) is 12.8 Å². The maximum Gasteiger partial charge on any atom is 0.150 e. The zero-order chi connectivity index (χ0) is 14.5. The SMILES string of the molecule is Cc1ccc([SH2+])cc1.O=S(=O)([O-])c1ccccc1F. The van der Waals surface area contributed by atoms with Crippen LogP contribution in [0.2, 0.25) is 0 Å². The van der Waals surface area contributed by atoms with Crippen LogP contribution >= 0.6 is 0 Å². The minimum absolute atomic E-state index is 0.806. The van der Waals surface area contributed by atoms with Crippen LogP contribution in [0.3, 0.4) is 0 Å². The van der Waals surface area contributed by atoms with Gasteiger partial charge in [0.25, 0.3) is 0 Å². The highest BCUT2D eigenvalue weighted by Crippen LogP contribution is 2.11. The van der Waals surface area contributed by atoms with Crippen LogP contribution in [0.4, 0.5) is 4.39 Å². The van der Waals surface area contributed by atoms with Crippen molar-refractivity contribution in [2.45, 2.75) is 16.7 Å². The number of hydrogen-bond donors (Lipinski definition) is 0. The molecule has 0 radical (unpaired) electrons. The van der Waals surface area contributed by atoms with Gasteiger partial charge in [0.1, 0.15) is 20.8 Å². The molecule has 0 aromatic heterocycles. The van der Waals surface area contributed by atoms with Gasteiger partial charge in [-0.15, -0.1) is 0 Å². The molecule has 0 amide bonds. The van der Waals surface area contributed by atoms with Gasteiger partial charge in [0.05, 0.1) is 4.90 Å². The number of hydrogen-bond acceptors (Lipinski definition) is 3. The highest BCUT2D eigenvalue weighted by atomic mass is 32.2. The lowest BCUT2D eigenvalue weighted by Gasteiger charge is -2.06. The van der Waals surface area contributed by atoms with Gasteiger partial charge >= 0.3 is 0 Å². The fourth-order valence-electron chi connectivity index (χ4n) is 1.20. The first kappa shape index (κ1) is 15.7. The lowest BCUT2D eigenvalue weighted by molar-refractivity contribution is 0.455. The number of rotatable bonds is 1. The summed E-state index contributed by atoms with van der Waals surface area (Å²) in [6.07, 6.45) is 0. The van der Waals surface area contributed by atoms with E-state index in [-0.39, 0.29) is 0 Å². The largest absolute Gasteiger partial charge is 0.744 e. The molecule has 0 aliphatic carbocycles. The molecule has 0 fully saturated rings. The molecule has 0 N–H and O–H groups in total. The summed E-state index contributed by atoms with van der Waals surface area (Å²) in [5.41, 5.74) is 1.30. The zero-order valence-electron chi connectivity index (χ0n) is 10.1. The Morgan fingerprint density at radius 2 is 1.58 bits per heavy atom. The van der Waals surface area contributed by atoms with E-state index in [2.05, 4.69) is 31.7 Å². The second-order valence-corrected chi connectivity index (χ2v) is 5.68. The number of benzene rings is 2. The molecule has 0 atom stereocenters. The predicted octanol–water partition coefficient (Wildman–Crippen LogP) is 2.10. The molecular formula is C13H13FO3S2. The van der Waals surface area contributed by atoms with E-state index < -0.39 is 20.8 Å². The van der Waals surface area contributed by atoms with Crippen LogP contribution in [0.1, 0.15) is 5.56 Å². The Labute approximate surface area is 117 Å². The summed E-state index contributed by atoms with van der Waals surface area (Å²) in [6, 6.07) is 12.7. The van der Waals surface area contributed by atoms with Crippen molar-refractivity contribution in [3.63, 3.8) is 0 Å². The Hall–Kier alpha value is -1.37. The van der Waals surface area contributed by atoms with E-state index in [1.807, 2.05) is 12.1 Å². The molecule has 102 valence electrons. The van der Waals surface area contributed by atoms with Gasteiger partial charge in [0.2, 0.25) is 0 Å². The second-order valence-electron chi connectivity index (χ2n) is 3.75. The first-order valence-corrected chi connectivity index (χ1v) is 7.20. The molecule has 2 aromatic carbocycles. The molecule has 19 heavy (non-hydrogen) atoms. The molecule has 0 saturated heterocycles. The normalized spacial score (nSPS) is 10.5. The summed E-state index contributed by atoms with van der Waals surface area (Å²) in [7, 11) is -4.66. The van der Waals surface area contributed by atoms with Gasteiger partial charge in [-0.05, 0) is 43.8 Å². The van der Waals surface area contributed by atoms with E-state index in [1.54, 1.807) is 0 Å². The lowest BCUT2D eigenvalue weighted by Crippen LogP contribution is -2.00. The topological polar surface area (TPSA) is 57.2 Å². The smallest absolute Gasteiger partial charge is 0.150 e. The van der Waals surface area contributed by atoms with Crippen LogP contribution in [0.25, 0.3) is 0 Å². The van der Waals surface area contributed by atoms with Crippen LogP contribution in [0, 0.1) is 12.7 Å². The van der Waals surface area contributed by atoms with Crippen molar-refractivity contribution in [1.82, 2.24) is 0 Å². The lowest BCUT2D eigenvalue weighted by atomic mass is 10.2. The molecule has 0 heterocycles. The van der Waals surface area contributed by atoms with Crippen LogP contribution in [-0.2, 0) is 22.7 Å². The third-order valence-electron chi connectivity index (χ3n) is 2.16. The van der Waals surface area contributed by atoms with E-state index in [0.717, 1.165) is 17.0 Å². The second kappa shape index (κ2) is 6.70. The van der Waals surface area contributed by atoms with Gasteiger partial charge in [0, 0.05) is 0 Å². The Morgan fingerprint density at radius 1 is 1.05 bits per heavy atom. The van der Waals surface area contributed by atoms with Crippen LogP contribution in [-0.4, -0.2) is 13.0 Å². The summed E-state index contributed by atoms with van der Waals surface area (Å²) >= 11 is 3.39. The average Bonchev–Trinajstić information content (AvgIpc) is 2.33. The molecule has 0 aliphatic rings. The quantitative estimate of drug-likeness (QED) is 0.598. The molecule has 0 spiro atoms. The van der Waals surface area contributed by atoms with Gasteiger partial charge in [-0.1, -0.05) is 29.8 Å². The van der Waals surface area contributed by atoms with Crippen molar-refractivity contribution in [1.29, 1.82) is 0 Å². The minimum atomic E-state index is -4.66. The molecule has 0 aliphatic heterocycles. The van der Waals surface area contributed by atoms with Crippen molar-refractivity contribution in [2.75, 3.05) is 0 Å². The van der Waals surface area contributed by atoms with Crippen LogP contribution in [0.5, 0.6) is 0 Å². The summed E-state index contributed by atoms with van der Waals surface area (Å²) in [5, 5.41) is 0. The predicted molar refractivity (Wildman–Crippen MR) is 74.0 cm³/mol. The van der Waals surface area contributed by atoms with Crippen LogP contribution < -0.4 is 0 Å². The Kier molecular flexibility index (Phi) is 5.53. The fraction of sp³-hybridized carbons (Fsp3) is 0.0769. The van der Waals surface area contributed by atoms with Crippen molar-refractivity contribution in [3.05, 3.63) is 59.9 Å². The Bertz CT molecular complexity index is 616. The Morgan fingerprint density at radius 3 is 1.95 bits per heavy atom. The monoisotopic (exact) mass is 300 g/mol. The molecular weight excluding hydrogens is 287 g/mol. The zero-order valence-corrected chi connectivity index (χ0v) is 11.9. The van der Waals surface area contributed by atoms with Gasteiger partial charge in [0.15, 0.2) is 0 Å². The van der Waals surface area contributed by atoms with Crippen molar-refractivity contribution < 1.29 is 17.4 Å². The van der Waals surface area contributed by atoms with E-state index in [0.29, 0.717) is 0 Å². The van der Waals surface area contributed by atoms with Gasteiger partial charge < -0.3 is 4.55 Å². The van der Waals surface area contributed by atoms with E-state index in [4.69, 9.17) is 0 Å². The van der Waals surface area contributed by atoms with Gasteiger partial charge in [-0.2, -0.15) is 0 Å². The van der Waals surface area contributed by atoms with E-state index in [1.165, 1.54) is 17.7 Å². The molecule has 3 nitrogen and oxygen atoms in total. The van der Waals surface area contributed by atoms with E-state index >= 15 is 0 Å². The summed E-state index contributed by atoms with van der Waals surface area (Å²) in [5.74, 6) is -1.01. The minimum Gasteiger partial charge on any atom is -0.744 e. The number of aryl methyl sites for hydroxylation is 1. The first-order valence-electron chi connectivity index (χ1n) is 5.29. The summed E-state index contributed by atoms with van der Waals surface area (Å²) in [4.78, 5) is 0.329.